The van der Waals surface area contributed by atoms with Gasteiger partial charge in [0.2, 0.25) is 0 Å². The summed E-state index contributed by atoms with van der Waals surface area (Å²) in [5, 5.41) is 5.41. The monoisotopic (exact) mass is 287 g/mol. The van der Waals surface area contributed by atoms with Crippen LogP contribution in [0, 0.1) is 6.92 Å². The predicted octanol–water partition coefficient (Wildman–Crippen LogP) is 3.05. The molecule has 0 atom stereocenters. The van der Waals surface area contributed by atoms with E-state index in [1.165, 1.54) is 7.11 Å². The fourth-order valence-corrected chi connectivity index (χ4v) is 1.79. The van der Waals surface area contributed by atoms with E-state index in [0.717, 1.165) is 5.56 Å². The van der Waals surface area contributed by atoms with Crippen LogP contribution in [0.3, 0.4) is 0 Å². The number of pyridine rings is 1. The van der Waals surface area contributed by atoms with Crippen LogP contribution in [0.1, 0.15) is 5.56 Å². The normalized spacial score (nSPS) is 9.86. The predicted molar refractivity (Wildman–Crippen MR) is 81.2 cm³/mol. The lowest BCUT2D eigenvalue weighted by atomic mass is 10.2. The molecule has 2 rings (SSSR count). The number of aryl methyl sites for hydroxylation is 1. The number of hydrogen-bond donors (Lipinski definition) is 2. The number of methoxy groups -OCH3 is 2. The minimum Gasteiger partial charge on any atom is -0.497 e. The van der Waals surface area contributed by atoms with Crippen LogP contribution in [0.25, 0.3) is 0 Å². The van der Waals surface area contributed by atoms with Crippen molar-refractivity contribution in [2.75, 3.05) is 24.9 Å². The van der Waals surface area contributed by atoms with Crippen LogP contribution in [0.2, 0.25) is 0 Å². The van der Waals surface area contributed by atoms with Gasteiger partial charge in [0, 0.05) is 12.3 Å². The smallest absolute Gasteiger partial charge is 0.324 e. The maximum Gasteiger partial charge on any atom is 0.324 e. The standard InChI is InChI=1S/C15H17N3O3/c1-10-5-4-8-16-14(10)18-15(19)17-12-9-11(20-2)6-7-13(12)21-3/h4-9H,1-3H3,(H2,16,17,18,19). The van der Waals surface area contributed by atoms with Gasteiger partial charge in [0.05, 0.1) is 19.9 Å². The van der Waals surface area contributed by atoms with Crippen molar-refractivity contribution in [1.82, 2.24) is 4.98 Å². The molecule has 0 aliphatic carbocycles. The van der Waals surface area contributed by atoms with E-state index in [9.17, 15) is 4.79 Å². The van der Waals surface area contributed by atoms with Gasteiger partial charge in [-0.25, -0.2) is 9.78 Å². The number of carbonyl (C=O) groups excluding carboxylic acids is 1. The average molecular weight is 287 g/mol. The summed E-state index contributed by atoms with van der Waals surface area (Å²) in [7, 11) is 3.09. The minimum absolute atomic E-state index is 0.400. The first-order chi connectivity index (χ1) is 10.1. The maximum atomic E-state index is 12.0. The summed E-state index contributed by atoms with van der Waals surface area (Å²) in [4.78, 5) is 16.2. The van der Waals surface area contributed by atoms with Gasteiger partial charge in [-0.05, 0) is 30.7 Å². The number of amides is 2. The minimum atomic E-state index is -0.400. The molecule has 1 aromatic carbocycles. The third-order valence-electron chi connectivity index (χ3n) is 2.90. The van der Waals surface area contributed by atoms with Crippen LogP contribution in [0.4, 0.5) is 16.3 Å². The van der Waals surface area contributed by atoms with Gasteiger partial charge in [0.1, 0.15) is 17.3 Å². The largest absolute Gasteiger partial charge is 0.497 e. The molecule has 0 radical (unpaired) electrons. The van der Waals surface area contributed by atoms with Gasteiger partial charge in [0.15, 0.2) is 0 Å². The van der Waals surface area contributed by atoms with E-state index in [1.807, 2.05) is 19.1 Å². The topological polar surface area (TPSA) is 72.5 Å². The Morgan fingerprint density at radius 2 is 1.95 bits per heavy atom. The Kier molecular flexibility index (Phi) is 4.61. The van der Waals surface area contributed by atoms with E-state index in [4.69, 9.17) is 9.47 Å². The van der Waals surface area contributed by atoms with E-state index >= 15 is 0 Å². The molecule has 1 heterocycles. The number of benzene rings is 1. The fraction of sp³-hybridized carbons (Fsp3) is 0.200. The highest BCUT2D eigenvalue weighted by molar-refractivity contribution is 6.00. The van der Waals surface area contributed by atoms with Crippen molar-refractivity contribution >= 4 is 17.5 Å². The third-order valence-corrected chi connectivity index (χ3v) is 2.90. The molecule has 0 aliphatic rings. The van der Waals surface area contributed by atoms with Crippen molar-refractivity contribution in [1.29, 1.82) is 0 Å². The number of urea groups is 1. The van der Waals surface area contributed by atoms with Crippen molar-refractivity contribution in [3.05, 3.63) is 42.1 Å². The second-order valence-electron chi connectivity index (χ2n) is 4.31. The lowest BCUT2D eigenvalue weighted by Gasteiger charge is -2.12. The van der Waals surface area contributed by atoms with Crippen molar-refractivity contribution in [3.8, 4) is 11.5 Å². The van der Waals surface area contributed by atoms with Crippen LogP contribution in [0.5, 0.6) is 11.5 Å². The number of carbonyl (C=O) groups is 1. The number of aromatic nitrogens is 1. The van der Waals surface area contributed by atoms with Crippen molar-refractivity contribution < 1.29 is 14.3 Å². The lowest BCUT2D eigenvalue weighted by molar-refractivity contribution is 0.262. The Morgan fingerprint density at radius 3 is 2.62 bits per heavy atom. The second kappa shape index (κ2) is 6.60. The highest BCUT2D eigenvalue weighted by Gasteiger charge is 2.10. The van der Waals surface area contributed by atoms with Gasteiger partial charge in [-0.3, -0.25) is 5.32 Å². The van der Waals surface area contributed by atoms with Crippen LogP contribution in [0.15, 0.2) is 36.5 Å². The SMILES string of the molecule is COc1ccc(OC)c(NC(=O)Nc2ncccc2C)c1. The Morgan fingerprint density at radius 1 is 1.14 bits per heavy atom. The molecule has 0 fully saturated rings. The van der Waals surface area contributed by atoms with E-state index in [2.05, 4.69) is 15.6 Å². The molecule has 6 nitrogen and oxygen atoms in total. The van der Waals surface area contributed by atoms with Crippen LogP contribution >= 0.6 is 0 Å². The quantitative estimate of drug-likeness (QED) is 0.906. The zero-order valence-corrected chi connectivity index (χ0v) is 12.1. The molecule has 2 amide bonds. The van der Waals surface area contributed by atoms with E-state index in [1.54, 1.807) is 31.5 Å². The molecule has 2 N–H and O–H groups in total. The van der Waals surface area contributed by atoms with Crippen molar-refractivity contribution in [2.24, 2.45) is 0 Å². The molecule has 1 aromatic heterocycles. The number of nitrogens with one attached hydrogen (secondary N) is 2. The summed E-state index contributed by atoms with van der Waals surface area (Å²) in [6.45, 7) is 1.87. The van der Waals surface area contributed by atoms with Gasteiger partial charge in [-0.1, -0.05) is 6.07 Å². The molecule has 6 heteroatoms. The van der Waals surface area contributed by atoms with Crippen LogP contribution < -0.4 is 20.1 Å². The first-order valence-electron chi connectivity index (χ1n) is 6.35. The second-order valence-corrected chi connectivity index (χ2v) is 4.31. The molecule has 0 spiro atoms. The van der Waals surface area contributed by atoms with E-state index in [0.29, 0.717) is 23.0 Å². The molecule has 0 unspecified atom stereocenters. The van der Waals surface area contributed by atoms with Crippen molar-refractivity contribution in [2.45, 2.75) is 6.92 Å². The third kappa shape index (κ3) is 3.62. The molecule has 21 heavy (non-hydrogen) atoms. The first kappa shape index (κ1) is 14.6. The Bertz CT molecular complexity index is 644. The number of hydrogen-bond acceptors (Lipinski definition) is 4. The first-order valence-corrected chi connectivity index (χ1v) is 6.35. The van der Waals surface area contributed by atoms with Gasteiger partial charge < -0.3 is 14.8 Å². The maximum absolute atomic E-state index is 12.0. The van der Waals surface area contributed by atoms with Gasteiger partial charge >= 0.3 is 6.03 Å². The molecule has 2 aromatic rings. The molecule has 0 saturated carbocycles. The molecular weight excluding hydrogens is 270 g/mol. The number of ether oxygens (including phenoxy) is 2. The molecular formula is C15H17N3O3. The Labute approximate surface area is 123 Å². The summed E-state index contributed by atoms with van der Waals surface area (Å²) in [6.07, 6.45) is 1.62. The summed E-state index contributed by atoms with van der Waals surface area (Å²) in [6, 6.07) is 8.44. The summed E-state index contributed by atoms with van der Waals surface area (Å²) < 4.78 is 10.3. The summed E-state index contributed by atoms with van der Waals surface area (Å²) in [5.41, 5.74) is 1.40. The van der Waals surface area contributed by atoms with E-state index < -0.39 is 6.03 Å². The Balaban J connectivity index is 2.14. The van der Waals surface area contributed by atoms with Crippen molar-refractivity contribution in [3.63, 3.8) is 0 Å². The number of anilines is 2. The molecule has 0 bridgehead atoms. The highest BCUT2D eigenvalue weighted by Crippen LogP contribution is 2.28. The summed E-state index contributed by atoms with van der Waals surface area (Å²) >= 11 is 0. The van der Waals surface area contributed by atoms with E-state index in [-0.39, 0.29) is 0 Å². The van der Waals surface area contributed by atoms with Gasteiger partial charge in [0.25, 0.3) is 0 Å². The molecule has 110 valence electrons. The zero-order valence-electron chi connectivity index (χ0n) is 12.1. The fourth-order valence-electron chi connectivity index (χ4n) is 1.79. The number of nitrogens with zero attached hydrogens (tertiary/aromatic N) is 1. The molecule has 0 saturated heterocycles. The Hall–Kier alpha value is -2.76. The van der Waals surface area contributed by atoms with Gasteiger partial charge in [-0.15, -0.1) is 0 Å². The summed E-state index contributed by atoms with van der Waals surface area (Å²) in [5.74, 6) is 1.68. The van der Waals surface area contributed by atoms with Gasteiger partial charge in [-0.2, -0.15) is 0 Å². The average Bonchev–Trinajstić information content (AvgIpc) is 2.49. The van der Waals surface area contributed by atoms with Crippen LogP contribution in [-0.4, -0.2) is 25.2 Å². The molecule has 0 aliphatic heterocycles. The number of rotatable bonds is 4. The highest BCUT2D eigenvalue weighted by atomic mass is 16.5. The zero-order chi connectivity index (χ0) is 15.2. The van der Waals surface area contributed by atoms with Crippen LogP contribution in [-0.2, 0) is 0 Å². The lowest BCUT2D eigenvalue weighted by Crippen LogP contribution is -2.21.